The van der Waals surface area contributed by atoms with E-state index in [0.29, 0.717) is 35.2 Å². The Morgan fingerprint density at radius 3 is 2.92 bits per heavy atom. The van der Waals surface area contributed by atoms with Crippen LogP contribution < -0.4 is 10.6 Å². The molecular formula is C15H16N4O4S. The Balaban J connectivity index is 1.49. The molecule has 2 heterocycles. The molecule has 1 fully saturated rings. The first-order chi connectivity index (χ1) is 11.6. The summed E-state index contributed by atoms with van der Waals surface area (Å²) >= 11 is 1.23. The van der Waals surface area contributed by atoms with Crippen LogP contribution in [0.15, 0.2) is 22.8 Å². The van der Waals surface area contributed by atoms with Crippen molar-refractivity contribution in [1.82, 2.24) is 15.5 Å². The van der Waals surface area contributed by atoms with E-state index in [1.165, 1.54) is 11.3 Å². The minimum Gasteiger partial charge on any atom is -0.481 e. The standard InChI is InChI=1S/C15H16N4O4S/c20-13(21)9-3-4-10(8-9)16-14(22)17-15-19-18-12(24-15)6-5-11-2-1-7-23-11/h1-2,5-7,9-10H,3-4,8H2,(H,20,21)(H2,16,17,19,22)/b6-5+/t9-,10+/m1/s1. The Kier molecular flexibility index (Phi) is 4.90. The lowest BCUT2D eigenvalue weighted by Gasteiger charge is -2.11. The Bertz CT molecular complexity index is 741. The number of aromatic nitrogens is 2. The number of hydrogen-bond acceptors (Lipinski definition) is 6. The second-order valence-corrected chi connectivity index (χ2v) is 6.45. The molecule has 1 aliphatic rings. The number of nitrogens with zero attached hydrogens (tertiary/aromatic N) is 2. The first kappa shape index (κ1) is 16.2. The summed E-state index contributed by atoms with van der Waals surface area (Å²) in [7, 11) is 0. The predicted molar refractivity (Wildman–Crippen MR) is 88.5 cm³/mol. The Morgan fingerprint density at radius 2 is 2.21 bits per heavy atom. The summed E-state index contributed by atoms with van der Waals surface area (Å²) in [5.41, 5.74) is 0. The molecular weight excluding hydrogens is 332 g/mol. The maximum absolute atomic E-state index is 11.9. The second-order valence-electron chi connectivity index (χ2n) is 5.44. The van der Waals surface area contributed by atoms with Gasteiger partial charge < -0.3 is 14.8 Å². The van der Waals surface area contributed by atoms with Crippen LogP contribution in [0.4, 0.5) is 9.93 Å². The van der Waals surface area contributed by atoms with Crippen LogP contribution in [0, 0.1) is 5.92 Å². The molecule has 2 amide bonds. The van der Waals surface area contributed by atoms with Gasteiger partial charge in [0.25, 0.3) is 0 Å². The van der Waals surface area contributed by atoms with Gasteiger partial charge in [0.05, 0.1) is 12.2 Å². The zero-order chi connectivity index (χ0) is 16.9. The van der Waals surface area contributed by atoms with E-state index in [1.807, 2.05) is 6.07 Å². The maximum Gasteiger partial charge on any atom is 0.321 e. The lowest BCUT2D eigenvalue weighted by molar-refractivity contribution is -0.141. The van der Waals surface area contributed by atoms with Crippen molar-refractivity contribution >= 4 is 40.6 Å². The summed E-state index contributed by atoms with van der Waals surface area (Å²) in [5, 5.41) is 23.2. The normalized spacial score (nSPS) is 20.3. The molecule has 2 aromatic heterocycles. The van der Waals surface area contributed by atoms with Gasteiger partial charge in [-0.15, -0.1) is 10.2 Å². The van der Waals surface area contributed by atoms with Crippen LogP contribution in [0.3, 0.4) is 0 Å². The quantitative estimate of drug-likeness (QED) is 0.765. The van der Waals surface area contributed by atoms with Crippen LogP contribution in [0.2, 0.25) is 0 Å². The van der Waals surface area contributed by atoms with Gasteiger partial charge in [0.15, 0.2) is 0 Å². The molecule has 8 nitrogen and oxygen atoms in total. The van der Waals surface area contributed by atoms with E-state index in [4.69, 9.17) is 9.52 Å². The number of carbonyl (C=O) groups is 2. The topological polar surface area (TPSA) is 117 Å². The van der Waals surface area contributed by atoms with E-state index in [-0.39, 0.29) is 12.0 Å². The average Bonchev–Trinajstić information content (AvgIpc) is 3.26. The number of carbonyl (C=O) groups excluding carboxylic acids is 1. The number of carboxylic acids is 1. The Hall–Kier alpha value is -2.68. The lowest BCUT2D eigenvalue weighted by atomic mass is 10.1. The van der Waals surface area contributed by atoms with Crippen LogP contribution in [0.1, 0.15) is 30.0 Å². The number of furan rings is 1. The summed E-state index contributed by atoms with van der Waals surface area (Å²) in [6.45, 7) is 0. The molecule has 0 spiro atoms. The van der Waals surface area contributed by atoms with Crippen molar-refractivity contribution in [2.75, 3.05) is 5.32 Å². The monoisotopic (exact) mass is 348 g/mol. The average molecular weight is 348 g/mol. The number of hydrogen-bond donors (Lipinski definition) is 3. The number of anilines is 1. The summed E-state index contributed by atoms with van der Waals surface area (Å²) in [4.78, 5) is 22.9. The van der Waals surface area contributed by atoms with Crippen LogP contribution in [0.5, 0.6) is 0 Å². The third kappa shape index (κ3) is 4.19. The highest BCUT2D eigenvalue weighted by Crippen LogP contribution is 2.26. The summed E-state index contributed by atoms with van der Waals surface area (Å²) in [6, 6.07) is 3.08. The van der Waals surface area contributed by atoms with Crippen LogP contribution >= 0.6 is 11.3 Å². The van der Waals surface area contributed by atoms with E-state index in [0.717, 1.165) is 0 Å². The molecule has 3 N–H and O–H groups in total. The van der Waals surface area contributed by atoms with Crippen molar-refractivity contribution in [3.63, 3.8) is 0 Å². The fourth-order valence-corrected chi connectivity index (χ4v) is 3.19. The van der Waals surface area contributed by atoms with Gasteiger partial charge in [0.1, 0.15) is 10.8 Å². The summed E-state index contributed by atoms with van der Waals surface area (Å²) < 4.78 is 5.17. The molecule has 0 radical (unpaired) electrons. The number of amides is 2. The molecule has 126 valence electrons. The van der Waals surface area contributed by atoms with Gasteiger partial charge in [-0.2, -0.15) is 0 Å². The van der Waals surface area contributed by atoms with Gasteiger partial charge in [-0.25, -0.2) is 4.79 Å². The summed E-state index contributed by atoms with van der Waals surface area (Å²) in [6.07, 6.45) is 6.78. The minimum atomic E-state index is -0.809. The largest absolute Gasteiger partial charge is 0.481 e. The molecule has 1 aliphatic carbocycles. The molecule has 0 aromatic carbocycles. The maximum atomic E-state index is 11.9. The third-order valence-electron chi connectivity index (χ3n) is 3.71. The molecule has 0 saturated heterocycles. The van der Waals surface area contributed by atoms with Crippen molar-refractivity contribution < 1.29 is 19.1 Å². The minimum absolute atomic E-state index is 0.127. The molecule has 3 rings (SSSR count). The van der Waals surface area contributed by atoms with Crippen LogP contribution in [-0.2, 0) is 4.79 Å². The number of aliphatic carboxylic acids is 1. The molecule has 24 heavy (non-hydrogen) atoms. The molecule has 2 aromatic rings. The zero-order valence-electron chi connectivity index (χ0n) is 12.6. The van der Waals surface area contributed by atoms with Crippen molar-refractivity contribution in [2.24, 2.45) is 5.92 Å². The van der Waals surface area contributed by atoms with Crippen molar-refractivity contribution in [3.05, 3.63) is 29.2 Å². The van der Waals surface area contributed by atoms with E-state index < -0.39 is 12.0 Å². The molecule has 9 heteroatoms. The third-order valence-corrected chi connectivity index (χ3v) is 4.52. The van der Waals surface area contributed by atoms with Crippen molar-refractivity contribution in [1.29, 1.82) is 0 Å². The fraction of sp³-hybridized carbons (Fsp3) is 0.333. The van der Waals surface area contributed by atoms with Crippen molar-refractivity contribution in [2.45, 2.75) is 25.3 Å². The van der Waals surface area contributed by atoms with Gasteiger partial charge in [0, 0.05) is 6.04 Å². The zero-order valence-corrected chi connectivity index (χ0v) is 13.5. The van der Waals surface area contributed by atoms with Crippen LogP contribution in [0.25, 0.3) is 12.2 Å². The van der Waals surface area contributed by atoms with Gasteiger partial charge in [-0.05, 0) is 43.5 Å². The van der Waals surface area contributed by atoms with E-state index in [1.54, 1.807) is 24.5 Å². The smallest absolute Gasteiger partial charge is 0.321 e. The predicted octanol–water partition coefficient (Wildman–Crippen LogP) is 2.68. The Morgan fingerprint density at radius 1 is 1.33 bits per heavy atom. The van der Waals surface area contributed by atoms with Gasteiger partial charge in [-0.1, -0.05) is 11.3 Å². The number of nitrogens with one attached hydrogen (secondary N) is 2. The molecule has 1 saturated carbocycles. The van der Waals surface area contributed by atoms with E-state index >= 15 is 0 Å². The number of urea groups is 1. The Labute approximate surface area is 141 Å². The second kappa shape index (κ2) is 7.26. The fourth-order valence-electron chi connectivity index (χ4n) is 2.55. The highest BCUT2D eigenvalue weighted by molar-refractivity contribution is 7.16. The number of rotatable bonds is 5. The highest BCUT2D eigenvalue weighted by atomic mass is 32.1. The van der Waals surface area contributed by atoms with E-state index in [2.05, 4.69) is 20.8 Å². The van der Waals surface area contributed by atoms with Gasteiger partial charge >= 0.3 is 12.0 Å². The van der Waals surface area contributed by atoms with Gasteiger partial charge in [-0.3, -0.25) is 10.1 Å². The molecule has 0 bridgehead atoms. The van der Waals surface area contributed by atoms with Crippen LogP contribution in [-0.4, -0.2) is 33.3 Å². The number of carboxylic acid groups (broad SMARTS) is 1. The molecule has 2 atom stereocenters. The molecule has 0 unspecified atom stereocenters. The summed E-state index contributed by atoms with van der Waals surface area (Å²) in [5.74, 6) is -0.487. The SMILES string of the molecule is O=C(Nc1nnc(/C=C/c2ccco2)s1)N[C@H]1CC[C@@H](C(=O)O)C1. The first-order valence-corrected chi connectivity index (χ1v) is 8.27. The first-order valence-electron chi connectivity index (χ1n) is 7.45. The van der Waals surface area contributed by atoms with Crippen molar-refractivity contribution in [3.8, 4) is 0 Å². The molecule has 0 aliphatic heterocycles. The van der Waals surface area contributed by atoms with Gasteiger partial charge in [0.2, 0.25) is 5.13 Å². The highest BCUT2D eigenvalue weighted by Gasteiger charge is 2.30. The van der Waals surface area contributed by atoms with E-state index in [9.17, 15) is 9.59 Å². The lowest BCUT2D eigenvalue weighted by Crippen LogP contribution is -2.36.